The van der Waals surface area contributed by atoms with Gasteiger partial charge in [-0.3, -0.25) is 4.79 Å². The molecule has 0 heterocycles. The topological polar surface area (TPSA) is 79.6 Å². The summed E-state index contributed by atoms with van der Waals surface area (Å²) in [6, 6.07) is 17.2. The highest BCUT2D eigenvalue weighted by atomic mass is 16.6. The van der Waals surface area contributed by atoms with E-state index in [4.69, 9.17) is 14.7 Å². The van der Waals surface area contributed by atoms with Crippen LogP contribution in [0, 0.1) is 11.3 Å². The van der Waals surface area contributed by atoms with Crippen LogP contribution in [0.2, 0.25) is 0 Å². The highest BCUT2D eigenvalue weighted by Crippen LogP contribution is 2.21. The molecule has 0 fully saturated rings. The van der Waals surface area contributed by atoms with Crippen molar-refractivity contribution in [2.24, 2.45) is 0 Å². The number of likely N-dealkylation sites (N-methyl/N-ethyl adjacent to an activating group) is 1. The molecule has 2 rings (SSSR count). The lowest BCUT2D eigenvalue weighted by atomic mass is 10.1. The Labute approximate surface area is 152 Å². The van der Waals surface area contributed by atoms with Crippen molar-refractivity contribution in [3.63, 3.8) is 0 Å². The Morgan fingerprint density at radius 1 is 1.04 bits per heavy atom. The number of nitriles is 1. The van der Waals surface area contributed by atoms with Gasteiger partial charge in [0.2, 0.25) is 6.10 Å². The number of rotatable bonds is 6. The first-order valence-electron chi connectivity index (χ1n) is 8.05. The fourth-order valence-electron chi connectivity index (χ4n) is 2.20. The van der Waals surface area contributed by atoms with Gasteiger partial charge >= 0.3 is 5.97 Å². The van der Waals surface area contributed by atoms with Crippen LogP contribution >= 0.6 is 0 Å². The predicted molar refractivity (Wildman–Crippen MR) is 95.2 cm³/mol. The Balaban J connectivity index is 2.10. The van der Waals surface area contributed by atoms with Crippen molar-refractivity contribution >= 4 is 11.9 Å². The van der Waals surface area contributed by atoms with Gasteiger partial charge in [0.15, 0.2) is 6.10 Å². The van der Waals surface area contributed by atoms with Gasteiger partial charge in [-0.25, -0.2) is 4.79 Å². The number of ether oxygens (including phenoxy) is 2. The van der Waals surface area contributed by atoms with E-state index in [1.54, 1.807) is 69.6 Å². The number of benzene rings is 2. The van der Waals surface area contributed by atoms with Crippen LogP contribution in [0.5, 0.6) is 5.75 Å². The molecule has 0 aromatic heterocycles. The Kier molecular flexibility index (Phi) is 6.34. The second-order valence-electron chi connectivity index (χ2n) is 5.86. The highest BCUT2D eigenvalue weighted by molar-refractivity contribution is 5.85. The Bertz CT molecular complexity index is 795. The van der Waals surface area contributed by atoms with Crippen LogP contribution in [0.4, 0.5) is 0 Å². The molecule has 0 bridgehead atoms. The standard InChI is InChI=1S/C20H20N2O4/c1-14(25-17-11-9-15(13-21)10-12-17)20(24)26-18(19(23)22(2)3)16-7-5-4-6-8-16/h4-12,14,18H,1-3H3/t14-,18-/m1/s1. The third-order valence-electron chi connectivity index (χ3n) is 3.63. The zero-order valence-corrected chi connectivity index (χ0v) is 14.9. The first-order valence-corrected chi connectivity index (χ1v) is 8.05. The number of carbonyl (C=O) groups is 2. The van der Waals surface area contributed by atoms with Gasteiger partial charge in [0.1, 0.15) is 5.75 Å². The van der Waals surface area contributed by atoms with E-state index in [0.29, 0.717) is 16.9 Å². The van der Waals surface area contributed by atoms with Gasteiger partial charge in [-0.15, -0.1) is 0 Å². The van der Waals surface area contributed by atoms with Crippen molar-refractivity contribution in [3.8, 4) is 11.8 Å². The fraction of sp³-hybridized carbons (Fsp3) is 0.250. The second-order valence-corrected chi connectivity index (χ2v) is 5.86. The Morgan fingerprint density at radius 2 is 1.65 bits per heavy atom. The van der Waals surface area contributed by atoms with Crippen LogP contribution < -0.4 is 4.74 Å². The Hall–Kier alpha value is -3.33. The molecule has 0 saturated carbocycles. The van der Waals surface area contributed by atoms with E-state index < -0.39 is 18.2 Å². The molecule has 2 aromatic carbocycles. The summed E-state index contributed by atoms with van der Waals surface area (Å²) in [5.41, 5.74) is 1.08. The first-order chi connectivity index (χ1) is 12.4. The van der Waals surface area contributed by atoms with Crippen molar-refractivity contribution in [1.29, 1.82) is 5.26 Å². The number of esters is 1. The van der Waals surface area contributed by atoms with Crippen molar-refractivity contribution in [1.82, 2.24) is 4.90 Å². The van der Waals surface area contributed by atoms with Crippen molar-refractivity contribution < 1.29 is 19.1 Å². The lowest BCUT2D eigenvalue weighted by Gasteiger charge is -2.23. The average molecular weight is 352 g/mol. The SMILES string of the molecule is C[C@@H](Oc1ccc(C#N)cc1)C(=O)O[C@@H](C(=O)N(C)C)c1ccccc1. The van der Waals surface area contributed by atoms with Crippen molar-refractivity contribution in [3.05, 3.63) is 65.7 Å². The smallest absolute Gasteiger partial charge is 0.348 e. The molecule has 6 nitrogen and oxygen atoms in total. The highest BCUT2D eigenvalue weighted by Gasteiger charge is 2.29. The summed E-state index contributed by atoms with van der Waals surface area (Å²) >= 11 is 0. The summed E-state index contributed by atoms with van der Waals surface area (Å²) in [5, 5.41) is 8.80. The van der Waals surface area contributed by atoms with Crippen LogP contribution in [0.3, 0.4) is 0 Å². The maximum atomic E-state index is 12.4. The second kappa shape index (κ2) is 8.67. The lowest BCUT2D eigenvalue weighted by Crippen LogP contribution is -2.35. The molecule has 0 radical (unpaired) electrons. The number of amides is 1. The van der Waals surface area contributed by atoms with Gasteiger partial charge in [-0.2, -0.15) is 5.26 Å². The van der Waals surface area contributed by atoms with Gasteiger partial charge in [-0.1, -0.05) is 30.3 Å². The molecule has 0 aliphatic rings. The summed E-state index contributed by atoms with van der Waals surface area (Å²) in [5.74, 6) is -0.558. The Morgan fingerprint density at radius 3 is 2.19 bits per heavy atom. The van der Waals surface area contributed by atoms with E-state index in [0.717, 1.165) is 0 Å². The molecule has 134 valence electrons. The van der Waals surface area contributed by atoms with E-state index in [1.165, 1.54) is 4.90 Å². The molecular weight excluding hydrogens is 332 g/mol. The van der Waals surface area contributed by atoms with E-state index in [2.05, 4.69) is 0 Å². The quantitative estimate of drug-likeness (QED) is 0.747. The zero-order chi connectivity index (χ0) is 19.1. The fourth-order valence-corrected chi connectivity index (χ4v) is 2.20. The third kappa shape index (κ3) is 4.84. The zero-order valence-electron chi connectivity index (χ0n) is 14.9. The molecule has 26 heavy (non-hydrogen) atoms. The molecule has 0 spiro atoms. The summed E-state index contributed by atoms with van der Waals surface area (Å²) in [7, 11) is 3.20. The molecule has 0 saturated heterocycles. The predicted octanol–water partition coefficient (Wildman–Crippen LogP) is 2.70. The monoisotopic (exact) mass is 352 g/mol. The van der Waals surface area contributed by atoms with Crippen LogP contribution in [0.1, 0.15) is 24.2 Å². The molecule has 2 atom stereocenters. The number of nitrogens with zero attached hydrogens (tertiary/aromatic N) is 2. The molecule has 6 heteroatoms. The van der Waals surface area contributed by atoms with E-state index in [9.17, 15) is 9.59 Å². The molecule has 1 amide bonds. The van der Waals surface area contributed by atoms with E-state index in [1.807, 2.05) is 12.1 Å². The van der Waals surface area contributed by atoms with Gasteiger partial charge in [-0.05, 0) is 31.2 Å². The minimum atomic E-state index is -1.04. The molecule has 0 unspecified atom stereocenters. The van der Waals surface area contributed by atoms with Crippen LogP contribution in [0.15, 0.2) is 54.6 Å². The largest absolute Gasteiger partial charge is 0.479 e. The summed E-state index contributed by atoms with van der Waals surface area (Å²) in [6.45, 7) is 1.54. The average Bonchev–Trinajstić information content (AvgIpc) is 2.66. The van der Waals surface area contributed by atoms with Crippen LogP contribution in [-0.4, -0.2) is 37.0 Å². The lowest BCUT2D eigenvalue weighted by molar-refractivity contribution is -0.165. The number of hydrogen-bond donors (Lipinski definition) is 0. The number of carbonyl (C=O) groups excluding carboxylic acids is 2. The van der Waals surface area contributed by atoms with Crippen molar-refractivity contribution in [2.75, 3.05) is 14.1 Å². The number of hydrogen-bond acceptors (Lipinski definition) is 5. The summed E-state index contributed by atoms with van der Waals surface area (Å²) in [4.78, 5) is 26.2. The minimum Gasteiger partial charge on any atom is -0.479 e. The van der Waals surface area contributed by atoms with Gasteiger partial charge < -0.3 is 14.4 Å². The van der Waals surface area contributed by atoms with E-state index in [-0.39, 0.29) is 5.91 Å². The summed E-state index contributed by atoms with van der Waals surface area (Å²) < 4.78 is 11.0. The van der Waals surface area contributed by atoms with Crippen LogP contribution in [-0.2, 0) is 14.3 Å². The maximum Gasteiger partial charge on any atom is 0.348 e. The molecule has 0 N–H and O–H groups in total. The normalized spacial score (nSPS) is 12.4. The van der Waals surface area contributed by atoms with Gasteiger partial charge in [0.05, 0.1) is 11.6 Å². The van der Waals surface area contributed by atoms with Gasteiger partial charge in [0, 0.05) is 19.7 Å². The molecule has 2 aromatic rings. The minimum absolute atomic E-state index is 0.338. The third-order valence-corrected chi connectivity index (χ3v) is 3.63. The molecule has 0 aliphatic carbocycles. The molecular formula is C20H20N2O4. The molecule has 0 aliphatic heterocycles. The van der Waals surface area contributed by atoms with Crippen molar-refractivity contribution in [2.45, 2.75) is 19.1 Å². The first kappa shape index (κ1) is 19.0. The van der Waals surface area contributed by atoms with E-state index >= 15 is 0 Å². The summed E-state index contributed by atoms with van der Waals surface area (Å²) in [6.07, 6.45) is -1.95. The van der Waals surface area contributed by atoms with Crippen LogP contribution in [0.25, 0.3) is 0 Å². The maximum absolute atomic E-state index is 12.4. The van der Waals surface area contributed by atoms with Gasteiger partial charge in [0.25, 0.3) is 5.91 Å².